The first-order valence-corrected chi connectivity index (χ1v) is 9.12. The molecule has 2 unspecified atom stereocenters. The number of aryl methyl sites for hydroxylation is 2. The predicted octanol–water partition coefficient (Wildman–Crippen LogP) is -0.155. The Bertz CT molecular complexity index is 759. The molecule has 1 aliphatic heterocycles. The van der Waals surface area contributed by atoms with E-state index in [1.165, 1.54) is 4.31 Å². The van der Waals surface area contributed by atoms with Crippen molar-refractivity contribution in [3.63, 3.8) is 0 Å². The van der Waals surface area contributed by atoms with Crippen LogP contribution in [-0.4, -0.2) is 65.9 Å². The molecule has 0 bridgehead atoms. The number of carbonyl (C=O) groups is 2. The highest BCUT2D eigenvalue weighted by atomic mass is 32.2. The van der Waals surface area contributed by atoms with Crippen LogP contribution in [0.1, 0.15) is 17.9 Å². The smallest absolute Gasteiger partial charge is 0.307 e. The number of aliphatic carboxylic acids is 1. The zero-order valence-electron chi connectivity index (χ0n) is 13.4. The Morgan fingerprint density at radius 2 is 1.79 bits per heavy atom. The Kier molecular flexibility index (Phi) is 4.12. The highest BCUT2D eigenvalue weighted by molar-refractivity contribution is 7.89. The number of aromatic nitrogens is 1. The van der Waals surface area contributed by atoms with Gasteiger partial charge in [0, 0.05) is 26.2 Å². The van der Waals surface area contributed by atoms with Crippen LogP contribution in [0.25, 0.3) is 0 Å². The van der Waals surface area contributed by atoms with Gasteiger partial charge in [-0.1, -0.05) is 5.16 Å². The number of carbonyl (C=O) groups excluding carboxylic acids is 1. The standard InChI is InChI=1S/C14H19N3O6S/c1-8-12(9(2)23-15-8)24(21,22)17-5-3-16(4-6-17)13(18)10-7-11(10)14(19)20/h10-11H,3-7H2,1-2H3,(H,19,20). The molecule has 9 nitrogen and oxygen atoms in total. The van der Waals surface area contributed by atoms with Crippen molar-refractivity contribution in [1.29, 1.82) is 0 Å². The van der Waals surface area contributed by atoms with Gasteiger partial charge in [0.25, 0.3) is 0 Å². The summed E-state index contributed by atoms with van der Waals surface area (Å²) in [5.74, 6) is -1.96. The van der Waals surface area contributed by atoms with E-state index < -0.39 is 27.8 Å². The van der Waals surface area contributed by atoms with E-state index in [4.69, 9.17) is 9.63 Å². The molecule has 1 aromatic heterocycles. The summed E-state index contributed by atoms with van der Waals surface area (Å²) in [4.78, 5) is 24.7. The second-order valence-corrected chi connectivity index (χ2v) is 8.04. The second kappa shape index (κ2) is 5.85. The lowest BCUT2D eigenvalue weighted by molar-refractivity contribution is -0.142. The number of piperazine rings is 1. The van der Waals surface area contributed by atoms with Gasteiger partial charge in [0.2, 0.25) is 15.9 Å². The number of sulfonamides is 1. The lowest BCUT2D eigenvalue weighted by Gasteiger charge is -2.34. The van der Waals surface area contributed by atoms with Crippen molar-refractivity contribution >= 4 is 21.9 Å². The van der Waals surface area contributed by atoms with E-state index in [-0.39, 0.29) is 42.7 Å². The maximum Gasteiger partial charge on any atom is 0.307 e. The SMILES string of the molecule is Cc1noc(C)c1S(=O)(=O)N1CCN(C(=O)C2CC2C(=O)O)CC1. The van der Waals surface area contributed by atoms with Crippen LogP contribution >= 0.6 is 0 Å². The zero-order valence-corrected chi connectivity index (χ0v) is 14.2. The van der Waals surface area contributed by atoms with Crippen molar-refractivity contribution in [1.82, 2.24) is 14.4 Å². The zero-order chi connectivity index (χ0) is 17.6. The second-order valence-electron chi connectivity index (χ2n) is 6.17. The third-order valence-corrected chi connectivity index (χ3v) is 6.68. The minimum absolute atomic E-state index is 0.0791. The van der Waals surface area contributed by atoms with E-state index >= 15 is 0 Å². The topological polar surface area (TPSA) is 121 Å². The minimum atomic E-state index is -3.71. The summed E-state index contributed by atoms with van der Waals surface area (Å²) in [5.41, 5.74) is 0.313. The Hall–Kier alpha value is -1.94. The lowest BCUT2D eigenvalue weighted by atomic mass is 10.2. The first-order chi connectivity index (χ1) is 11.2. The average Bonchev–Trinajstić information content (AvgIpc) is 3.26. The molecule has 0 spiro atoms. The number of hydrogen-bond acceptors (Lipinski definition) is 6. The van der Waals surface area contributed by atoms with Crippen molar-refractivity contribution in [3.05, 3.63) is 11.5 Å². The maximum absolute atomic E-state index is 12.7. The quantitative estimate of drug-likeness (QED) is 0.795. The van der Waals surface area contributed by atoms with Gasteiger partial charge >= 0.3 is 5.97 Å². The van der Waals surface area contributed by atoms with E-state index in [0.717, 1.165) is 0 Å². The van der Waals surface area contributed by atoms with E-state index in [1.54, 1.807) is 18.7 Å². The van der Waals surface area contributed by atoms with E-state index in [0.29, 0.717) is 12.1 Å². The molecule has 24 heavy (non-hydrogen) atoms. The highest BCUT2D eigenvalue weighted by Gasteiger charge is 2.50. The molecule has 1 saturated heterocycles. The van der Waals surface area contributed by atoms with Gasteiger partial charge in [-0.2, -0.15) is 4.31 Å². The van der Waals surface area contributed by atoms with Crippen LogP contribution < -0.4 is 0 Å². The number of rotatable bonds is 4. The fraction of sp³-hybridized carbons (Fsp3) is 0.643. The predicted molar refractivity (Wildman–Crippen MR) is 80.5 cm³/mol. The van der Waals surface area contributed by atoms with Crippen molar-refractivity contribution < 1.29 is 27.6 Å². The summed E-state index contributed by atoms with van der Waals surface area (Å²) in [6, 6.07) is 0. The molecule has 1 N–H and O–H groups in total. The summed E-state index contributed by atoms with van der Waals surface area (Å²) in [6.45, 7) is 3.97. The highest BCUT2D eigenvalue weighted by Crippen LogP contribution is 2.40. The van der Waals surface area contributed by atoms with Crippen molar-refractivity contribution in [2.45, 2.75) is 25.2 Å². The molecule has 1 aromatic rings. The third kappa shape index (κ3) is 2.80. The van der Waals surface area contributed by atoms with Crippen LogP contribution in [-0.2, 0) is 19.6 Å². The van der Waals surface area contributed by atoms with Gasteiger partial charge < -0.3 is 14.5 Å². The molecule has 2 atom stereocenters. The molecule has 2 fully saturated rings. The number of carboxylic acid groups (broad SMARTS) is 1. The molecule has 1 saturated carbocycles. The van der Waals surface area contributed by atoms with Crippen LogP contribution in [0.3, 0.4) is 0 Å². The van der Waals surface area contributed by atoms with Gasteiger partial charge in [0.1, 0.15) is 10.6 Å². The van der Waals surface area contributed by atoms with Crippen LogP contribution in [0.2, 0.25) is 0 Å². The molecule has 1 aliphatic carbocycles. The maximum atomic E-state index is 12.7. The lowest BCUT2D eigenvalue weighted by Crippen LogP contribution is -2.51. The monoisotopic (exact) mass is 357 g/mol. The van der Waals surface area contributed by atoms with Gasteiger partial charge in [-0.3, -0.25) is 9.59 Å². The van der Waals surface area contributed by atoms with Gasteiger partial charge in [0.05, 0.1) is 11.8 Å². The molecule has 132 valence electrons. The van der Waals surface area contributed by atoms with Crippen molar-refractivity contribution in [3.8, 4) is 0 Å². The van der Waals surface area contributed by atoms with Crippen molar-refractivity contribution in [2.75, 3.05) is 26.2 Å². The summed E-state index contributed by atoms with van der Waals surface area (Å²) < 4.78 is 31.6. The van der Waals surface area contributed by atoms with Crippen LogP contribution in [0.15, 0.2) is 9.42 Å². The van der Waals surface area contributed by atoms with E-state index in [2.05, 4.69) is 5.16 Å². The van der Waals surface area contributed by atoms with Crippen LogP contribution in [0.4, 0.5) is 0 Å². The summed E-state index contributed by atoms with van der Waals surface area (Å²) in [7, 11) is -3.71. The first kappa shape index (κ1) is 16.9. The van der Waals surface area contributed by atoms with E-state index in [9.17, 15) is 18.0 Å². The average molecular weight is 357 g/mol. The molecule has 0 aromatic carbocycles. The van der Waals surface area contributed by atoms with Crippen LogP contribution in [0.5, 0.6) is 0 Å². The largest absolute Gasteiger partial charge is 0.481 e. The van der Waals surface area contributed by atoms with Gasteiger partial charge in [-0.25, -0.2) is 8.42 Å². The fourth-order valence-corrected chi connectivity index (χ4v) is 4.81. The summed E-state index contributed by atoms with van der Waals surface area (Å²) in [6.07, 6.45) is 0.367. The van der Waals surface area contributed by atoms with Crippen molar-refractivity contribution in [2.24, 2.45) is 11.8 Å². The number of hydrogen-bond donors (Lipinski definition) is 1. The number of nitrogens with zero attached hydrogens (tertiary/aromatic N) is 3. The number of carboxylic acids is 1. The Labute approximate surface area is 139 Å². The molecule has 2 heterocycles. The Morgan fingerprint density at radius 1 is 1.17 bits per heavy atom. The molecule has 10 heteroatoms. The molecule has 0 radical (unpaired) electrons. The van der Waals surface area contributed by atoms with Gasteiger partial charge in [-0.15, -0.1) is 0 Å². The van der Waals surface area contributed by atoms with Gasteiger partial charge in [-0.05, 0) is 20.3 Å². The number of amides is 1. The Balaban J connectivity index is 1.65. The Morgan fingerprint density at radius 3 is 2.25 bits per heavy atom. The molecule has 3 rings (SSSR count). The fourth-order valence-electron chi connectivity index (χ4n) is 3.10. The summed E-state index contributed by atoms with van der Waals surface area (Å²) in [5, 5.41) is 12.6. The third-order valence-electron chi connectivity index (χ3n) is 4.54. The van der Waals surface area contributed by atoms with Crippen LogP contribution in [0, 0.1) is 25.7 Å². The van der Waals surface area contributed by atoms with Gasteiger partial charge in [0.15, 0.2) is 5.76 Å². The molecular weight excluding hydrogens is 338 g/mol. The molecule has 1 amide bonds. The first-order valence-electron chi connectivity index (χ1n) is 7.68. The normalized spacial score (nSPS) is 24.8. The summed E-state index contributed by atoms with van der Waals surface area (Å²) >= 11 is 0. The van der Waals surface area contributed by atoms with E-state index in [1.807, 2.05) is 0 Å². The minimum Gasteiger partial charge on any atom is -0.481 e. The molecule has 2 aliphatic rings. The molecular formula is C14H19N3O6S.